The molecule has 128 valence electrons. The van der Waals surface area contributed by atoms with E-state index in [1.165, 1.54) is 6.20 Å². The largest absolute Gasteiger partial charge is 0.489 e. The van der Waals surface area contributed by atoms with Crippen molar-refractivity contribution in [2.24, 2.45) is 5.73 Å². The van der Waals surface area contributed by atoms with Crippen LogP contribution in [0, 0.1) is 16.7 Å². The fourth-order valence-electron chi connectivity index (χ4n) is 2.15. The Labute approximate surface area is 150 Å². The number of rotatable bonds is 6. The van der Waals surface area contributed by atoms with Crippen molar-refractivity contribution in [3.05, 3.63) is 77.7 Å². The highest BCUT2D eigenvalue weighted by molar-refractivity contribution is 5.94. The summed E-state index contributed by atoms with van der Waals surface area (Å²) in [5.74, 6) is 1.54. The first-order valence-corrected chi connectivity index (χ1v) is 7.71. The first-order chi connectivity index (χ1) is 12.6. The van der Waals surface area contributed by atoms with Gasteiger partial charge in [0.05, 0.1) is 0 Å². The van der Waals surface area contributed by atoms with Gasteiger partial charge in [-0.3, -0.25) is 5.41 Å². The summed E-state index contributed by atoms with van der Waals surface area (Å²) in [5, 5.41) is 16.2. The lowest BCUT2D eigenvalue weighted by atomic mass is 10.1. The number of nitrogen functional groups attached to an aromatic ring is 1. The van der Waals surface area contributed by atoms with Crippen molar-refractivity contribution in [2.45, 2.75) is 6.61 Å². The number of ether oxygens (including phenoxy) is 2. The molecular weight excluding hydrogens is 330 g/mol. The molecule has 3 rings (SSSR count). The van der Waals surface area contributed by atoms with Crippen LogP contribution in [-0.4, -0.2) is 15.8 Å². The number of hydrogen-bond acceptors (Lipinski definition) is 6. The summed E-state index contributed by atoms with van der Waals surface area (Å²) >= 11 is 0. The minimum atomic E-state index is 0.0339. The van der Waals surface area contributed by atoms with Crippen LogP contribution in [-0.2, 0) is 6.61 Å². The number of nitriles is 1. The summed E-state index contributed by atoms with van der Waals surface area (Å²) in [7, 11) is 0. The van der Waals surface area contributed by atoms with E-state index in [1.807, 2.05) is 24.3 Å². The molecule has 0 spiro atoms. The lowest BCUT2D eigenvalue weighted by Gasteiger charge is -2.09. The maximum absolute atomic E-state index is 8.83. The Bertz CT molecular complexity index is 964. The van der Waals surface area contributed by atoms with Crippen molar-refractivity contribution in [3.63, 3.8) is 0 Å². The summed E-state index contributed by atoms with van der Waals surface area (Å²) in [6.07, 6.45) is 1.46. The molecule has 0 amide bonds. The lowest BCUT2D eigenvalue weighted by molar-refractivity contribution is 0.304. The van der Waals surface area contributed by atoms with Crippen LogP contribution in [0.2, 0.25) is 0 Å². The van der Waals surface area contributed by atoms with E-state index in [9.17, 15) is 0 Å². The second kappa shape index (κ2) is 7.77. The first-order valence-electron chi connectivity index (χ1n) is 7.71. The number of hydrogen-bond donors (Lipinski definition) is 2. The predicted molar refractivity (Wildman–Crippen MR) is 95.1 cm³/mol. The van der Waals surface area contributed by atoms with E-state index in [2.05, 4.69) is 9.97 Å². The van der Waals surface area contributed by atoms with Crippen LogP contribution >= 0.6 is 0 Å². The van der Waals surface area contributed by atoms with Crippen molar-refractivity contribution in [3.8, 4) is 23.4 Å². The Balaban J connectivity index is 1.65. The highest BCUT2D eigenvalue weighted by atomic mass is 16.5. The summed E-state index contributed by atoms with van der Waals surface area (Å²) in [6.45, 7) is 0.369. The third-order valence-electron chi connectivity index (χ3n) is 3.43. The molecule has 0 bridgehead atoms. The van der Waals surface area contributed by atoms with E-state index in [-0.39, 0.29) is 17.5 Å². The van der Waals surface area contributed by atoms with Gasteiger partial charge in [-0.1, -0.05) is 30.3 Å². The normalized spacial score (nSPS) is 9.96. The van der Waals surface area contributed by atoms with Crippen LogP contribution in [0.3, 0.4) is 0 Å². The molecule has 0 saturated carbocycles. The molecule has 3 aromatic rings. The van der Waals surface area contributed by atoms with Crippen molar-refractivity contribution in [1.29, 1.82) is 10.7 Å². The van der Waals surface area contributed by atoms with E-state index >= 15 is 0 Å². The first kappa shape index (κ1) is 16.9. The molecule has 7 heteroatoms. The zero-order valence-corrected chi connectivity index (χ0v) is 13.7. The minimum Gasteiger partial charge on any atom is -0.489 e. The van der Waals surface area contributed by atoms with Gasteiger partial charge in [0.15, 0.2) is 0 Å². The SMILES string of the molecule is N#Cc1nccc(Oc2cccc(OCc3ccc(C(=N)N)cc3)c2)n1. The topological polar surface area (TPSA) is 118 Å². The molecule has 0 unspecified atom stereocenters. The number of nitrogens with one attached hydrogen (secondary N) is 1. The molecule has 7 nitrogen and oxygen atoms in total. The van der Waals surface area contributed by atoms with Gasteiger partial charge in [0.2, 0.25) is 11.7 Å². The van der Waals surface area contributed by atoms with Crippen LogP contribution in [0.4, 0.5) is 0 Å². The predicted octanol–water partition coefficient (Wildman–Crippen LogP) is 3.00. The Morgan fingerprint density at radius 2 is 1.88 bits per heavy atom. The number of benzene rings is 2. The van der Waals surface area contributed by atoms with E-state index in [1.54, 1.807) is 36.4 Å². The van der Waals surface area contributed by atoms with E-state index in [0.29, 0.717) is 23.7 Å². The Morgan fingerprint density at radius 1 is 1.12 bits per heavy atom. The third kappa shape index (κ3) is 4.33. The summed E-state index contributed by atoms with van der Waals surface area (Å²) < 4.78 is 11.4. The van der Waals surface area contributed by atoms with Crippen LogP contribution in [0.15, 0.2) is 60.8 Å². The van der Waals surface area contributed by atoms with Crippen LogP contribution < -0.4 is 15.2 Å². The van der Waals surface area contributed by atoms with Gasteiger partial charge in [-0.15, -0.1) is 0 Å². The van der Waals surface area contributed by atoms with Crippen LogP contribution in [0.25, 0.3) is 0 Å². The van der Waals surface area contributed by atoms with Crippen LogP contribution in [0.1, 0.15) is 17.0 Å². The molecule has 1 aromatic heterocycles. The molecule has 0 saturated heterocycles. The Hall–Kier alpha value is -3.92. The van der Waals surface area contributed by atoms with Crippen molar-refractivity contribution in [1.82, 2.24) is 9.97 Å². The molecular formula is C19H15N5O2. The Morgan fingerprint density at radius 3 is 2.62 bits per heavy atom. The second-order valence-corrected chi connectivity index (χ2v) is 5.31. The zero-order chi connectivity index (χ0) is 18.4. The van der Waals surface area contributed by atoms with Gasteiger partial charge in [-0.2, -0.15) is 10.2 Å². The average Bonchev–Trinajstić information content (AvgIpc) is 2.67. The minimum absolute atomic E-state index is 0.0339. The van der Waals surface area contributed by atoms with E-state index in [0.717, 1.165) is 5.56 Å². The molecule has 1 heterocycles. The summed E-state index contributed by atoms with van der Waals surface area (Å²) in [5.41, 5.74) is 7.06. The molecule has 0 aliphatic carbocycles. The van der Waals surface area contributed by atoms with Gasteiger partial charge in [0, 0.05) is 23.9 Å². The van der Waals surface area contributed by atoms with Crippen molar-refractivity contribution >= 4 is 5.84 Å². The highest BCUT2D eigenvalue weighted by Crippen LogP contribution is 2.24. The molecule has 0 aliphatic heterocycles. The molecule has 0 atom stereocenters. The van der Waals surface area contributed by atoms with Gasteiger partial charge in [-0.05, 0) is 17.7 Å². The average molecular weight is 345 g/mol. The molecule has 3 N–H and O–H groups in total. The zero-order valence-electron chi connectivity index (χ0n) is 13.7. The molecule has 0 aliphatic rings. The summed E-state index contributed by atoms with van der Waals surface area (Å²) in [4.78, 5) is 7.77. The van der Waals surface area contributed by atoms with Crippen molar-refractivity contribution < 1.29 is 9.47 Å². The van der Waals surface area contributed by atoms with Gasteiger partial charge in [0.25, 0.3) is 0 Å². The van der Waals surface area contributed by atoms with Gasteiger partial charge in [0.1, 0.15) is 30.0 Å². The maximum Gasteiger partial charge on any atom is 0.235 e. The molecule has 26 heavy (non-hydrogen) atoms. The fourth-order valence-corrected chi connectivity index (χ4v) is 2.15. The van der Waals surface area contributed by atoms with Gasteiger partial charge in [-0.25, -0.2) is 4.98 Å². The lowest BCUT2D eigenvalue weighted by Crippen LogP contribution is -2.10. The summed E-state index contributed by atoms with van der Waals surface area (Å²) in [6, 6.07) is 17.8. The fraction of sp³-hybridized carbons (Fsp3) is 0.0526. The second-order valence-electron chi connectivity index (χ2n) is 5.31. The van der Waals surface area contributed by atoms with E-state index < -0.39 is 0 Å². The maximum atomic E-state index is 8.83. The van der Waals surface area contributed by atoms with E-state index in [4.69, 9.17) is 25.9 Å². The molecule has 2 aromatic carbocycles. The third-order valence-corrected chi connectivity index (χ3v) is 3.43. The van der Waals surface area contributed by atoms with Crippen LogP contribution in [0.5, 0.6) is 17.4 Å². The number of aromatic nitrogens is 2. The van der Waals surface area contributed by atoms with Gasteiger partial charge < -0.3 is 15.2 Å². The smallest absolute Gasteiger partial charge is 0.235 e. The van der Waals surface area contributed by atoms with Gasteiger partial charge >= 0.3 is 0 Å². The van der Waals surface area contributed by atoms with Crippen molar-refractivity contribution in [2.75, 3.05) is 0 Å². The number of nitrogens with two attached hydrogens (primary N) is 1. The standard InChI is InChI=1S/C19H15N5O2/c20-11-17-23-9-8-18(24-17)26-16-3-1-2-15(10-16)25-12-13-4-6-14(7-5-13)19(21)22/h1-10H,12H2,(H3,21,22). The Kier molecular flexibility index (Phi) is 5.05. The quantitative estimate of drug-likeness (QED) is 0.524. The number of nitrogens with zero attached hydrogens (tertiary/aromatic N) is 3. The molecule has 0 fully saturated rings. The monoisotopic (exact) mass is 345 g/mol. The molecule has 0 radical (unpaired) electrons. The highest BCUT2D eigenvalue weighted by Gasteiger charge is 2.04. The number of amidine groups is 1.